The van der Waals surface area contributed by atoms with Gasteiger partial charge in [-0.05, 0) is 38.0 Å². The number of carbonyl (C=O) groups excluding carboxylic acids is 3. The van der Waals surface area contributed by atoms with Gasteiger partial charge in [-0.15, -0.1) is 0 Å². The smallest absolute Gasteiger partial charge is 0.326 e. The van der Waals surface area contributed by atoms with Crippen LogP contribution in [0.4, 0.5) is 0 Å². The standard InChI is InChI=1S/C16H18N2O6/c1-9(15(20)18-11-3-4-11)24-14(19)7-17-16(21)10-2-5-12-13(6-10)23-8-22-12/h2,5-6,9,11H,3-4,7-8H2,1H3,(H,17,21)(H,18,20)/t9-/m0/s1. The van der Waals surface area contributed by atoms with Crippen LogP contribution in [0.5, 0.6) is 11.5 Å². The van der Waals surface area contributed by atoms with Crippen molar-refractivity contribution in [2.45, 2.75) is 31.9 Å². The van der Waals surface area contributed by atoms with Gasteiger partial charge in [0.2, 0.25) is 6.79 Å². The van der Waals surface area contributed by atoms with Gasteiger partial charge in [-0.3, -0.25) is 14.4 Å². The number of carbonyl (C=O) groups is 3. The van der Waals surface area contributed by atoms with Crippen LogP contribution < -0.4 is 20.1 Å². The minimum absolute atomic E-state index is 0.119. The van der Waals surface area contributed by atoms with Gasteiger partial charge in [-0.1, -0.05) is 0 Å². The molecule has 1 aliphatic carbocycles. The van der Waals surface area contributed by atoms with Gasteiger partial charge in [0.05, 0.1) is 0 Å². The van der Waals surface area contributed by atoms with Gasteiger partial charge in [0.1, 0.15) is 6.54 Å². The van der Waals surface area contributed by atoms with Gasteiger partial charge in [0, 0.05) is 11.6 Å². The lowest BCUT2D eigenvalue weighted by molar-refractivity contribution is -0.153. The quantitative estimate of drug-likeness (QED) is 0.728. The lowest BCUT2D eigenvalue weighted by Crippen LogP contribution is -2.39. The molecule has 8 heteroatoms. The van der Waals surface area contributed by atoms with E-state index in [1.165, 1.54) is 13.0 Å². The van der Waals surface area contributed by atoms with E-state index in [2.05, 4.69) is 10.6 Å². The van der Waals surface area contributed by atoms with E-state index in [1.54, 1.807) is 12.1 Å². The second-order valence-electron chi connectivity index (χ2n) is 5.67. The zero-order valence-corrected chi connectivity index (χ0v) is 13.2. The van der Waals surface area contributed by atoms with Gasteiger partial charge in [-0.25, -0.2) is 0 Å². The predicted octanol–water partition coefficient (Wildman–Crippen LogP) is 0.355. The molecule has 0 bridgehead atoms. The summed E-state index contributed by atoms with van der Waals surface area (Å²) >= 11 is 0. The minimum Gasteiger partial charge on any atom is -0.454 e. The molecule has 3 rings (SSSR count). The third-order valence-electron chi connectivity index (χ3n) is 3.63. The van der Waals surface area contributed by atoms with Gasteiger partial charge in [-0.2, -0.15) is 0 Å². The second kappa shape index (κ2) is 6.77. The first-order valence-electron chi connectivity index (χ1n) is 7.70. The van der Waals surface area contributed by atoms with Crippen molar-refractivity contribution in [3.05, 3.63) is 23.8 Å². The number of hydrogen-bond donors (Lipinski definition) is 2. The fraction of sp³-hybridized carbons (Fsp3) is 0.438. The Balaban J connectivity index is 1.45. The normalized spacial score (nSPS) is 16.2. The van der Waals surface area contributed by atoms with E-state index in [1.807, 2.05) is 0 Å². The number of ether oxygens (including phenoxy) is 3. The van der Waals surface area contributed by atoms with Crippen molar-refractivity contribution in [2.24, 2.45) is 0 Å². The van der Waals surface area contributed by atoms with Crippen LogP contribution in [0.3, 0.4) is 0 Å². The van der Waals surface area contributed by atoms with Crippen molar-refractivity contribution in [3.63, 3.8) is 0 Å². The molecule has 0 unspecified atom stereocenters. The molecule has 0 saturated heterocycles. The fourth-order valence-corrected chi connectivity index (χ4v) is 2.13. The zero-order valence-electron chi connectivity index (χ0n) is 13.2. The largest absolute Gasteiger partial charge is 0.454 e. The molecule has 1 aromatic carbocycles. The molecule has 2 aliphatic rings. The summed E-state index contributed by atoms with van der Waals surface area (Å²) in [6, 6.07) is 4.93. The zero-order chi connectivity index (χ0) is 17.1. The molecule has 24 heavy (non-hydrogen) atoms. The fourth-order valence-electron chi connectivity index (χ4n) is 2.13. The molecular formula is C16H18N2O6. The van der Waals surface area contributed by atoms with E-state index in [0.717, 1.165) is 12.8 Å². The molecule has 0 radical (unpaired) electrons. The van der Waals surface area contributed by atoms with E-state index in [0.29, 0.717) is 17.1 Å². The van der Waals surface area contributed by atoms with Gasteiger partial charge in [0.15, 0.2) is 17.6 Å². The number of fused-ring (bicyclic) bond motifs is 1. The van der Waals surface area contributed by atoms with Gasteiger partial charge >= 0.3 is 5.97 Å². The number of benzene rings is 1. The molecule has 1 fully saturated rings. The first-order chi connectivity index (χ1) is 11.5. The van der Waals surface area contributed by atoms with E-state index in [9.17, 15) is 14.4 Å². The summed E-state index contributed by atoms with van der Waals surface area (Å²) in [7, 11) is 0. The van der Waals surface area contributed by atoms with Crippen molar-refractivity contribution < 1.29 is 28.6 Å². The highest BCUT2D eigenvalue weighted by atomic mass is 16.7. The molecule has 0 aromatic heterocycles. The monoisotopic (exact) mass is 334 g/mol. The van der Waals surface area contributed by atoms with Gasteiger partial charge < -0.3 is 24.8 Å². The summed E-state index contributed by atoms with van der Waals surface area (Å²) in [6.07, 6.45) is 1.02. The Labute approximate surface area is 138 Å². The maximum Gasteiger partial charge on any atom is 0.326 e. The minimum atomic E-state index is -0.888. The van der Waals surface area contributed by atoms with Crippen molar-refractivity contribution in [1.29, 1.82) is 0 Å². The summed E-state index contributed by atoms with van der Waals surface area (Å²) in [5.41, 5.74) is 0.339. The Morgan fingerprint density at radius 1 is 1.25 bits per heavy atom. The molecule has 2 amide bonds. The van der Waals surface area contributed by atoms with Crippen molar-refractivity contribution in [3.8, 4) is 11.5 Å². The molecule has 1 heterocycles. The number of nitrogens with one attached hydrogen (secondary N) is 2. The van der Waals surface area contributed by atoms with Crippen LogP contribution >= 0.6 is 0 Å². The summed E-state index contributed by atoms with van der Waals surface area (Å²) in [5.74, 6) is -0.395. The average molecular weight is 334 g/mol. The third kappa shape index (κ3) is 3.95. The van der Waals surface area contributed by atoms with Crippen LogP contribution in [-0.2, 0) is 14.3 Å². The number of rotatable bonds is 6. The lowest BCUT2D eigenvalue weighted by Gasteiger charge is -2.13. The van der Waals surface area contributed by atoms with Gasteiger partial charge in [0.25, 0.3) is 11.8 Å². The molecule has 1 atom stereocenters. The Morgan fingerprint density at radius 3 is 2.75 bits per heavy atom. The van der Waals surface area contributed by atoms with Crippen LogP contribution in [0.2, 0.25) is 0 Å². The topological polar surface area (TPSA) is 103 Å². The number of amides is 2. The first-order valence-corrected chi connectivity index (χ1v) is 7.70. The molecule has 8 nitrogen and oxygen atoms in total. The summed E-state index contributed by atoms with van der Waals surface area (Å²) in [5, 5.41) is 5.19. The highest BCUT2D eigenvalue weighted by molar-refractivity contribution is 5.96. The maximum atomic E-state index is 12.0. The molecule has 0 spiro atoms. The maximum absolute atomic E-state index is 12.0. The van der Waals surface area contributed by atoms with Crippen molar-refractivity contribution >= 4 is 17.8 Å². The second-order valence-corrected chi connectivity index (χ2v) is 5.67. The van der Waals surface area contributed by atoms with Crippen LogP contribution in [0.25, 0.3) is 0 Å². The Bertz CT molecular complexity index is 671. The first kappa shape index (κ1) is 16.1. The van der Waals surface area contributed by atoms with E-state index < -0.39 is 18.0 Å². The van der Waals surface area contributed by atoms with Crippen LogP contribution in [0, 0.1) is 0 Å². The third-order valence-corrected chi connectivity index (χ3v) is 3.63. The van der Waals surface area contributed by atoms with Crippen LogP contribution in [0.15, 0.2) is 18.2 Å². The van der Waals surface area contributed by atoms with E-state index in [4.69, 9.17) is 14.2 Å². The predicted molar refractivity (Wildman–Crippen MR) is 81.6 cm³/mol. The molecule has 1 saturated carbocycles. The average Bonchev–Trinajstić information content (AvgIpc) is 3.25. The molecular weight excluding hydrogens is 316 g/mol. The van der Waals surface area contributed by atoms with Crippen LogP contribution in [0.1, 0.15) is 30.1 Å². The van der Waals surface area contributed by atoms with Crippen molar-refractivity contribution in [1.82, 2.24) is 10.6 Å². The summed E-state index contributed by atoms with van der Waals surface area (Å²) in [6.45, 7) is 1.29. The molecule has 1 aliphatic heterocycles. The number of esters is 1. The lowest BCUT2D eigenvalue weighted by atomic mass is 10.2. The molecule has 128 valence electrons. The molecule has 2 N–H and O–H groups in total. The Kier molecular flexibility index (Phi) is 4.54. The van der Waals surface area contributed by atoms with E-state index >= 15 is 0 Å². The van der Waals surface area contributed by atoms with Crippen LogP contribution in [-0.4, -0.2) is 43.3 Å². The van der Waals surface area contributed by atoms with Crippen molar-refractivity contribution in [2.75, 3.05) is 13.3 Å². The summed E-state index contributed by atoms with van der Waals surface area (Å²) < 4.78 is 15.3. The van der Waals surface area contributed by atoms with E-state index in [-0.39, 0.29) is 25.3 Å². The Morgan fingerprint density at radius 2 is 2.00 bits per heavy atom. The highest BCUT2D eigenvalue weighted by Gasteiger charge is 2.27. The highest BCUT2D eigenvalue weighted by Crippen LogP contribution is 2.32. The Hall–Kier alpha value is -2.77. The summed E-state index contributed by atoms with van der Waals surface area (Å²) in [4.78, 5) is 35.4. The number of hydrogen-bond acceptors (Lipinski definition) is 6. The SMILES string of the molecule is C[C@H](OC(=O)CNC(=O)c1ccc2c(c1)OCO2)C(=O)NC1CC1. The molecule has 1 aromatic rings.